The molecular formula is C30H36N2O3S. The summed E-state index contributed by atoms with van der Waals surface area (Å²) in [5.41, 5.74) is 3.16. The van der Waals surface area contributed by atoms with Gasteiger partial charge in [-0.25, -0.2) is 0 Å². The zero-order valence-corrected chi connectivity index (χ0v) is 22.2. The first-order valence-corrected chi connectivity index (χ1v) is 13.4. The Morgan fingerprint density at radius 3 is 2.39 bits per heavy atom. The SMILES string of the molecule is CCCNC(=O)[C@H](Cc1ccccc1)N(Cc1cccc(OC)c1)C(=O)CCSc1ccc(C)cc1. The Hall–Kier alpha value is -3.25. The van der Waals surface area contributed by atoms with Crippen LogP contribution in [-0.4, -0.2) is 42.2 Å². The molecule has 0 aliphatic carbocycles. The fraction of sp³-hybridized carbons (Fsp3) is 0.333. The topological polar surface area (TPSA) is 58.6 Å². The molecule has 3 rings (SSSR count). The zero-order valence-electron chi connectivity index (χ0n) is 21.4. The van der Waals surface area contributed by atoms with Gasteiger partial charge < -0.3 is 15.0 Å². The van der Waals surface area contributed by atoms with Crippen molar-refractivity contribution >= 4 is 23.6 Å². The quantitative estimate of drug-likeness (QED) is 0.306. The second kappa shape index (κ2) is 14.3. The smallest absolute Gasteiger partial charge is 0.243 e. The highest BCUT2D eigenvalue weighted by atomic mass is 32.2. The molecule has 0 aromatic heterocycles. The van der Waals surface area contributed by atoms with E-state index in [9.17, 15) is 9.59 Å². The van der Waals surface area contributed by atoms with Crippen LogP contribution in [0.5, 0.6) is 5.75 Å². The highest BCUT2D eigenvalue weighted by molar-refractivity contribution is 7.99. The Labute approximate surface area is 219 Å². The van der Waals surface area contributed by atoms with Crippen LogP contribution in [0.25, 0.3) is 0 Å². The highest BCUT2D eigenvalue weighted by Gasteiger charge is 2.30. The number of ether oxygens (including phenoxy) is 1. The molecule has 6 heteroatoms. The summed E-state index contributed by atoms with van der Waals surface area (Å²) in [4.78, 5) is 29.9. The van der Waals surface area contributed by atoms with E-state index in [2.05, 4.69) is 36.5 Å². The predicted octanol–water partition coefficient (Wildman–Crippen LogP) is 5.65. The van der Waals surface area contributed by atoms with E-state index in [1.54, 1.807) is 23.8 Å². The normalized spacial score (nSPS) is 11.5. The van der Waals surface area contributed by atoms with Gasteiger partial charge >= 0.3 is 0 Å². The summed E-state index contributed by atoms with van der Waals surface area (Å²) in [7, 11) is 1.63. The van der Waals surface area contributed by atoms with Gasteiger partial charge in [-0.2, -0.15) is 0 Å². The molecular weight excluding hydrogens is 468 g/mol. The molecule has 0 spiro atoms. The van der Waals surface area contributed by atoms with Crippen LogP contribution in [0.4, 0.5) is 0 Å². The maximum atomic E-state index is 13.7. The van der Waals surface area contributed by atoms with Gasteiger partial charge in [0.15, 0.2) is 0 Å². The Balaban J connectivity index is 1.84. The second-order valence-electron chi connectivity index (χ2n) is 8.78. The van der Waals surface area contributed by atoms with E-state index in [1.165, 1.54) is 5.56 Å². The number of aryl methyl sites for hydroxylation is 1. The summed E-state index contributed by atoms with van der Waals surface area (Å²) in [6.45, 7) is 5.00. The summed E-state index contributed by atoms with van der Waals surface area (Å²) < 4.78 is 5.39. The number of carbonyl (C=O) groups is 2. The van der Waals surface area contributed by atoms with Crippen LogP contribution in [0, 0.1) is 6.92 Å². The summed E-state index contributed by atoms with van der Waals surface area (Å²) >= 11 is 1.66. The van der Waals surface area contributed by atoms with E-state index < -0.39 is 6.04 Å². The maximum Gasteiger partial charge on any atom is 0.243 e. The number of hydrogen-bond acceptors (Lipinski definition) is 4. The number of nitrogens with one attached hydrogen (secondary N) is 1. The van der Waals surface area contributed by atoms with Crippen molar-refractivity contribution in [3.05, 3.63) is 95.6 Å². The number of amides is 2. The van der Waals surface area contributed by atoms with Gasteiger partial charge in [-0.3, -0.25) is 9.59 Å². The average Bonchev–Trinajstić information content (AvgIpc) is 2.91. The van der Waals surface area contributed by atoms with E-state index in [-0.39, 0.29) is 11.8 Å². The molecule has 0 aliphatic rings. The van der Waals surface area contributed by atoms with Crippen LogP contribution in [0.3, 0.4) is 0 Å². The second-order valence-corrected chi connectivity index (χ2v) is 9.95. The van der Waals surface area contributed by atoms with Crippen LogP contribution in [0.15, 0.2) is 83.8 Å². The first-order chi connectivity index (χ1) is 17.5. The van der Waals surface area contributed by atoms with Crippen molar-refractivity contribution in [1.82, 2.24) is 10.2 Å². The van der Waals surface area contributed by atoms with E-state index in [0.717, 1.165) is 28.2 Å². The monoisotopic (exact) mass is 504 g/mol. The first-order valence-electron chi connectivity index (χ1n) is 12.4. The molecule has 0 unspecified atom stereocenters. The summed E-state index contributed by atoms with van der Waals surface area (Å²) in [6.07, 6.45) is 1.63. The number of carbonyl (C=O) groups excluding carboxylic acids is 2. The van der Waals surface area contributed by atoms with Gasteiger partial charge in [0.1, 0.15) is 11.8 Å². The number of methoxy groups -OCH3 is 1. The van der Waals surface area contributed by atoms with Gasteiger partial charge in [0.05, 0.1) is 7.11 Å². The van der Waals surface area contributed by atoms with Crippen LogP contribution >= 0.6 is 11.8 Å². The summed E-state index contributed by atoms with van der Waals surface area (Å²) in [6, 6.07) is 25.3. The number of rotatable bonds is 13. The molecule has 0 heterocycles. The molecule has 3 aromatic carbocycles. The highest BCUT2D eigenvalue weighted by Crippen LogP contribution is 2.22. The molecule has 0 saturated heterocycles. The van der Waals surface area contributed by atoms with E-state index in [4.69, 9.17) is 4.74 Å². The Bertz CT molecular complexity index is 1100. The lowest BCUT2D eigenvalue weighted by atomic mass is 10.0. The van der Waals surface area contributed by atoms with Crippen molar-refractivity contribution in [1.29, 1.82) is 0 Å². The lowest BCUT2D eigenvalue weighted by Gasteiger charge is -2.31. The fourth-order valence-corrected chi connectivity index (χ4v) is 4.76. The molecule has 0 fully saturated rings. The Kier molecular flexibility index (Phi) is 10.9. The molecule has 36 heavy (non-hydrogen) atoms. The molecule has 190 valence electrons. The van der Waals surface area contributed by atoms with Gasteiger partial charge in [-0.05, 0) is 48.7 Å². The van der Waals surface area contributed by atoms with Crippen molar-refractivity contribution in [2.75, 3.05) is 19.4 Å². The van der Waals surface area contributed by atoms with Crippen LogP contribution in [0.2, 0.25) is 0 Å². The van der Waals surface area contributed by atoms with Gasteiger partial charge in [0.2, 0.25) is 11.8 Å². The first kappa shape index (κ1) is 27.3. The standard InChI is InChI=1S/C30H36N2O3S/c1-4-18-31-30(34)28(21-24-9-6-5-7-10-24)32(22-25-11-8-12-26(20-25)35-3)29(33)17-19-36-27-15-13-23(2)14-16-27/h5-16,20,28H,4,17-19,21-22H2,1-3H3,(H,31,34)/t28-/m0/s1. The number of thioether (sulfide) groups is 1. The Morgan fingerprint density at radius 1 is 0.972 bits per heavy atom. The zero-order chi connectivity index (χ0) is 25.8. The molecule has 1 N–H and O–H groups in total. The molecule has 0 bridgehead atoms. The molecule has 0 aliphatic heterocycles. The van der Waals surface area contributed by atoms with Gasteiger partial charge in [-0.1, -0.05) is 67.1 Å². The van der Waals surface area contributed by atoms with Crippen molar-refractivity contribution in [3.8, 4) is 5.75 Å². The third-order valence-corrected chi connectivity index (χ3v) is 6.93. The molecule has 0 radical (unpaired) electrons. The van der Waals surface area contributed by atoms with E-state index in [1.807, 2.05) is 61.5 Å². The molecule has 5 nitrogen and oxygen atoms in total. The van der Waals surface area contributed by atoms with Gasteiger partial charge in [0, 0.05) is 36.6 Å². The van der Waals surface area contributed by atoms with Crippen molar-refractivity contribution < 1.29 is 14.3 Å². The minimum Gasteiger partial charge on any atom is -0.497 e. The van der Waals surface area contributed by atoms with Crippen LogP contribution < -0.4 is 10.1 Å². The maximum absolute atomic E-state index is 13.7. The third-order valence-electron chi connectivity index (χ3n) is 5.91. The molecule has 3 aromatic rings. The van der Waals surface area contributed by atoms with Crippen molar-refractivity contribution in [2.24, 2.45) is 0 Å². The van der Waals surface area contributed by atoms with Crippen molar-refractivity contribution in [3.63, 3.8) is 0 Å². The largest absolute Gasteiger partial charge is 0.497 e. The average molecular weight is 505 g/mol. The van der Waals surface area contributed by atoms with Gasteiger partial charge in [-0.15, -0.1) is 11.8 Å². The summed E-state index contributed by atoms with van der Waals surface area (Å²) in [5, 5.41) is 3.02. The van der Waals surface area contributed by atoms with Crippen LogP contribution in [0.1, 0.15) is 36.5 Å². The lowest BCUT2D eigenvalue weighted by molar-refractivity contribution is -0.141. The molecule has 0 saturated carbocycles. The van der Waals surface area contributed by atoms with Gasteiger partial charge in [0.25, 0.3) is 0 Å². The van der Waals surface area contributed by atoms with Crippen molar-refractivity contribution in [2.45, 2.75) is 50.6 Å². The number of nitrogens with zero attached hydrogens (tertiary/aromatic N) is 1. The minimum atomic E-state index is -0.609. The summed E-state index contributed by atoms with van der Waals surface area (Å²) in [5.74, 6) is 1.21. The Morgan fingerprint density at radius 2 is 1.69 bits per heavy atom. The van der Waals surface area contributed by atoms with Crippen LogP contribution in [-0.2, 0) is 22.6 Å². The predicted molar refractivity (Wildman–Crippen MR) is 147 cm³/mol. The number of benzene rings is 3. The van der Waals surface area contributed by atoms with E-state index in [0.29, 0.717) is 31.7 Å². The third kappa shape index (κ3) is 8.45. The lowest BCUT2D eigenvalue weighted by Crippen LogP contribution is -2.50. The molecule has 2 amide bonds. The van der Waals surface area contributed by atoms with E-state index >= 15 is 0 Å². The molecule has 1 atom stereocenters. The fourth-order valence-electron chi connectivity index (χ4n) is 3.92. The number of hydrogen-bond donors (Lipinski definition) is 1. The minimum absolute atomic E-state index is 0.0370.